The maximum atomic E-state index is 5.39. The molecule has 0 spiro atoms. The quantitative estimate of drug-likeness (QED) is 0.683. The first-order valence-corrected chi connectivity index (χ1v) is 4.55. The summed E-state index contributed by atoms with van der Waals surface area (Å²) in [6, 6.07) is 0. The molecule has 1 rings (SSSR count). The SMILES string of the molecule is Cc1c(SCCN)cnn1C. The van der Waals surface area contributed by atoms with E-state index in [1.165, 1.54) is 10.6 Å². The van der Waals surface area contributed by atoms with E-state index in [1.54, 1.807) is 11.8 Å². The van der Waals surface area contributed by atoms with E-state index in [9.17, 15) is 0 Å². The van der Waals surface area contributed by atoms with Crippen molar-refractivity contribution >= 4 is 11.8 Å². The molecule has 1 aromatic rings. The summed E-state index contributed by atoms with van der Waals surface area (Å²) >= 11 is 1.76. The van der Waals surface area contributed by atoms with Gasteiger partial charge in [-0.15, -0.1) is 11.8 Å². The number of rotatable bonds is 3. The van der Waals surface area contributed by atoms with Gasteiger partial charge >= 0.3 is 0 Å². The molecule has 0 aliphatic carbocycles. The second kappa shape index (κ2) is 3.78. The zero-order valence-corrected chi connectivity index (χ0v) is 7.69. The Morgan fingerprint density at radius 1 is 1.73 bits per heavy atom. The minimum Gasteiger partial charge on any atom is -0.330 e. The Kier molecular flexibility index (Phi) is 2.96. The molecule has 3 nitrogen and oxygen atoms in total. The lowest BCUT2D eigenvalue weighted by atomic mass is 10.5. The Bertz CT molecular complexity index is 232. The molecule has 0 radical (unpaired) electrons. The Hall–Kier alpha value is -0.480. The molecule has 0 atom stereocenters. The first-order chi connectivity index (χ1) is 5.25. The topological polar surface area (TPSA) is 43.8 Å². The van der Waals surface area contributed by atoms with Gasteiger partial charge in [-0.2, -0.15) is 5.10 Å². The largest absolute Gasteiger partial charge is 0.330 e. The molecule has 0 bridgehead atoms. The molecule has 0 saturated heterocycles. The zero-order valence-electron chi connectivity index (χ0n) is 6.87. The molecule has 0 unspecified atom stereocenters. The Morgan fingerprint density at radius 2 is 2.45 bits per heavy atom. The third-order valence-corrected chi connectivity index (χ3v) is 2.72. The van der Waals surface area contributed by atoms with Gasteiger partial charge in [-0.05, 0) is 6.92 Å². The molecule has 0 fully saturated rings. The zero-order chi connectivity index (χ0) is 8.27. The van der Waals surface area contributed by atoms with Crippen LogP contribution in [0.15, 0.2) is 11.1 Å². The van der Waals surface area contributed by atoms with Gasteiger partial charge in [0.1, 0.15) is 0 Å². The van der Waals surface area contributed by atoms with Crippen molar-refractivity contribution < 1.29 is 0 Å². The standard InChI is InChI=1S/C7H13N3S/c1-6-7(11-4-3-8)5-9-10(6)2/h5H,3-4,8H2,1-2H3. The van der Waals surface area contributed by atoms with E-state index in [4.69, 9.17) is 5.73 Å². The van der Waals surface area contributed by atoms with Gasteiger partial charge in [0.05, 0.1) is 6.20 Å². The number of nitrogens with two attached hydrogens (primary N) is 1. The van der Waals surface area contributed by atoms with Crippen LogP contribution >= 0.6 is 11.8 Å². The van der Waals surface area contributed by atoms with Crippen molar-refractivity contribution in [3.05, 3.63) is 11.9 Å². The minimum absolute atomic E-state index is 0.721. The Morgan fingerprint density at radius 3 is 2.91 bits per heavy atom. The van der Waals surface area contributed by atoms with Gasteiger partial charge in [-0.3, -0.25) is 4.68 Å². The van der Waals surface area contributed by atoms with Crippen LogP contribution in [0.1, 0.15) is 5.69 Å². The van der Waals surface area contributed by atoms with Crippen molar-refractivity contribution in [2.24, 2.45) is 12.8 Å². The van der Waals surface area contributed by atoms with E-state index in [2.05, 4.69) is 12.0 Å². The fraction of sp³-hybridized carbons (Fsp3) is 0.571. The van der Waals surface area contributed by atoms with Crippen LogP contribution in [0.4, 0.5) is 0 Å². The van der Waals surface area contributed by atoms with Gasteiger partial charge in [0, 0.05) is 29.9 Å². The van der Waals surface area contributed by atoms with Crippen molar-refractivity contribution in [3.8, 4) is 0 Å². The lowest BCUT2D eigenvalue weighted by Gasteiger charge is -1.97. The summed E-state index contributed by atoms with van der Waals surface area (Å²) in [7, 11) is 1.95. The van der Waals surface area contributed by atoms with Crippen molar-refractivity contribution in [3.63, 3.8) is 0 Å². The molecule has 1 heterocycles. The summed E-state index contributed by atoms with van der Waals surface area (Å²) in [5.74, 6) is 0.965. The summed E-state index contributed by atoms with van der Waals surface area (Å²) < 4.78 is 1.87. The molecule has 1 aromatic heterocycles. The fourth-order valence-corrected chi connectivity index (χ4v) is 1.59. The van der Waals surface area contributed by atoms with Crippen molar-refractivity contribution in [1.29, 1.82) is 0 Å². The smallest absolute Gasteiger partial charge is 0.0628 e. The van der Waals surface area contributed by atoms with Crippen molar-refractivity contribution in [1.82, 2.24) is 9.78 Å². The highest BCUT2D eigenvalue weighted by Crippen LogP contribution is 2.19. The van der Waals surface area contributed by atoms with Crippen LogP contribution in [0.2, 0.25) is 0 Å². The summed E-state index contributed by atoms with van der Waals surface area (Å²) in [5, 5.41) is 4.12. The highest BCUT2D eigenvalue weighted by molar-refractivity contribution is 7.99. The maximum Gasteiger partial charge on any atom is 0.0628 e. The first kappa shape index (κ1) is 8.62. The third kappa shape index (κ3) is 1.97. The van der Waals surface area contributed by atoms with Gasteiger partial charge in [-0.1, -0.05) is 0 Å². The first-order valence-electron chi connectivity index (χ1n) is 3.57. The van der Waals surface area contributed by atoms with Gasteiger partial charge < -0.3 is 5.73 Å². The fourth-order valence-electron chi connectivity index (χ4n) is 0.789. The highest BCUT2D eigenvalue weighted by Gasteiger charge is 2.01. The Labute approximate surface area is 71.0 Å². The monoisotopic (exact) mass is 171 g/mol. The second-order valence-corrected chi connectivity index (χ2v) is 3.49. The average Bonchev–Trinajstić information content (AvgIpc) is 2.31. The lowest BCUT2D eigenvalue weighted by Crippen LogP contribution is -2.01. The number of thioether (sulfide) groups is 1. The highest BCUT2D eigenvalue weighted by atomic mass is 32.2. The molecule has 0 aliphatic heterocycles. The van der Waals surface area contributed by atoms with E-state index >= 15 is 0 Å². The van der Waals surface area contributed by atoms with Gasteiger partial charge in [0.15, 0.2) is 0 Å². The molecule has 0 amide bonds. The molecule has 0 aromatic carbocycles. The summed E-state index contributed by atoms with van der Waals surface area (Å²) in [6.45, 7) is 2.78. The summed E-state index contributed by atoms with van der Waals surface area (Å²) in [6.07, 6.45) is 1.88. The van der Waals surface area contributed by atoms with Crippen LogP contribution in [0, 0.1) is 6.92 Å². The lowest BCUT2D eigenvalue weighted by molar-refractivity contribution is 0.737. The van der Waals surface area contributed by atoms with Crippen LogP contribution in [-0.4, -0.2) is 22.1 Å². The molecule has 0 aliphatic rings. The maximum absolute atomic E-state index is 5.39. The van der Waals surface area contributed by atoms with Crippen LogP contribution < -0.4 is 5.73 Å². The number of aromatic nitrogens is 2. The number of nitrogens with zero attached hydrogens (tertiary/aromatic N) is 2. The van der Waals surface area contributed by atoms with Crippen LogP contribution in [0.3, 0.4) is 0 Å². The molecule has 0 saturated carbocycles. The van der Waals surface area contributed by atoms with Crippen LogP contribution in [-0.2, 0) is 7.05 Å². The van der Waals surface area contributed by atoms with E-state index < -0.39 is 0 Å². The predicted octanol–water partition coefficient (Wildman–Crippen LogP) is 0.779. The predicted molar refractivity (Wildman–Crippen MR) is 47.7 cm³/mol. The van der Waals surface area contributed by atoms with E-state index in [0.29, 0.717) is 0 Å². The van der Waals surface area contributed by atoms with Gasteiger partial charge in [0.2, 0.25) is 0 Å². The number of aryl methyl sites for hydroxylation is 1. The second-order valence-electron chi connectivity index (χ2n) is 2.35. The Balaban J connectivity index is 2.63. The summed E-state index contributed by atoms with van der Waals surface area (Å²) in [5.41, 5.74) is 6.60. The number of hydrogen-bond donors (Lipinski definition) is 1. The molecule has 2 N–H and O–H groups in total. The average molecular weight is 171 g/mol. The summed E-state index contributed by atoms with van der Waals surface area (Å²) in [4.78, 5) is 1.23. The molecular formula is C7H13N3S. The van der Waals surface area contributed by atoms with Gasteiger partial charge in [-0.25, -0.2) is 0 Å². The van der Waals surface area contributed by atoms with Crippen LogP contribution in [0.25, 0.3) is 0 Å². The molecule has 11 heavy (non-hydrogen) atoms. The number of hydrogen-bond acceptors (Lipinski definition) is 3. The van der Waals surface area contributed by atoms with Gasteiger partial charge in [0.25, 0.3) is 0 Å². The minimum atomic E-state index is 0.721. The van der Waals surface area contributed by atoms with Crippen molar-refractivity contribution in [2.75, 3.05) is 12.3 Å². The molecule has 62 valence electrons. The van der Waals surface area contributed by atoms with E-state index in [-0.39, 0.29) is 0 Å². The van der Waals surface area contributed by atoms with E-state index in [1.807, 2.05) is 17.9 Å². The molecule has 4 heteroatoms. The van der Waals surface area contributed by atoms with Crippen molar-refractivity contribution in [2.45, 2.75) is 11.8 Å². The van der Waals surface area contributed by atoms with Crippen LogP contribution in [0.5, 0.6) is 0 Å². The third-order valence-electron chi connectivity index (χ3n) is 1.57. The van der Waals surface area contributed by atoms with E-state index in [0.717, 1.165) is 12.3 Å². The normalized spacial score (nSPS) is 10.5. The molecular weight excluding hydrogens is 158 g/mol.